The molecule has 3 N–H and O–H groups in total. The van der Waals surface area contributed by atoms with E-state index in [2.05, 4.69) is 24.1 Å². The Morgan fingerprint density at radius 3 is 2.69 bits per heavy atom. The molecular weight excluding hydrogens is 202 g/mol. The third-order valence-electron chi connectivity index (χ3n) is 2.43. The fourth-order valence-corrected chi connectivity index (χ4v) is 1.33. The van der Waals surface area contributed by atoms with E-state index in [1.54, 1.807) is 6.20 Å². The number of hydrogen-bond donors (Lipinski definition) is 2. The molecule has 1 aromatic rings. The van der Waals surface area contributed by atoms with E-state index in [1.807, 2.05) is 19.1 Å². The number of hydrogen-bond acceptors (Lipinski definition) is 4. The van der Waals surface area contributed by atoms with Crippen LogP contribution >= 0.6 is 0 Å². The molecule has 1 heterocycles. The molecule has 1 aromatic heterocycles. The Kier molecular flexibility index (Phi) is 5.05. The van der Waals surface area contributed by atoms with Crippen LogP contribution in [-0.4, -0.2) is 24.2 Å². The zero-order valence-electron chi connectivity index (χ0n) is 10.2. The minimum absolute atomic E-state index is 0.274. The highest BCUT2D eigenvalue weighted by Gasteiger charge is 2.13. The lowest BCUT2D eigenvalue weighted by Gasteiger charge is -2.22. The zero-order chi connectivity index (χ0) is 12.0. The molecule has 1 rings (SSSR count). The standard InChI is InChI=1S/C12H21N3O/c1-4-16-8-11(9(2)3)15-12-6-5-10(13)7-14-12/h5-7,9,11H,4,8,13H2,1-3H3,(H,14,15). The molecule has 1 unspecified atom stereocenters. The Labute approximate surface area is 97.2 Å². The summed E-state index contributed by atoms with van der Waals surface area (Å²) in [5.74, 6) is 1.33. The lowest BCUT2D eigenvalue weighted by molar-refractivity contribution is 0.126. The van der Waals surface area contributed by atoms with Gasteiger partial charge in [0.2, 0.25) is 0 Å². The summed E-state index contributed by atoms with van der Waals surface area (Å²) in [5, 5.41) is 3.35. The summed E-state index contributed by atoms with van der Waals surface area (Å²) in [5.41, 5.74) is 6.26. The molecule has 1 atom stereocenters. The van der Waals surface area contributed by atoms with E-state index in [4.69, 9.17) is 10.5 Å². The normalized spacial score (nSPS) is 12.8. The molecule has 0 saturated heterocycles. The lowest BCUT2D eigenvalue weighted by atomic mass is 10.1. The summed E-state index contributed by atoms with van der Waals surface area (Å²) in [7, 11) is 0. The van der Waals surface area contributed by atoms with Gasteiger partial charge in [-0.3, -0.25) is 0 Å². The van der Waals surface area contributed by atoms with Gasteiger partial charge in [-0.2, -0.15) is 0 Å². The molecule has 4 heteroatoms. The number of nitrogens with one attached hydrogen (secondary N) is 1. The highest BCUT2D eigenvalue weighted by atomic mass is 16.5. The van der Waals surface area contributed by atoms with Crippen molar-refractivity contribution >= 4 is 11.5 Å². The van der Waals surface area contributed by atoms with Crippen molar-refractivity contribution in [2.45, 2.75) is 26.8 Å². The Morgan fingerprint density at radius 1 is 1.44 bits per heavy atom. The van der Waals surface area contributed by atoms with Gasteiger partial charge < -0.3 is 15.8 Å². The Morgan fingerprint density at radius 2 is 2.19 bits per heavy atom. The second-order valence-electron chi connectivity index (χ2n) is 4.13. The minimum atomic E-state index is 0.274. The Hall–Kier alpha value is -1.29. The average Bonchev–Trinajstić information content (AvgIpc) is 2.26. The van der Waals surface area contributed by atoms with Crippen LogP contribution in [0.15, 0.2) is 18.3 Å². The predicted molar refractivity (Wildman–Crippen MR) is 67.4 cm³/mol. The van der Waals surface area contributed by atoms with E-state index in [0.717, 1.165) is 12.4 Å². The second-order valence-corrected chi connectivity index (χ2v) is 4.13. The van der Waals surface area contributed by atoms with Crippen molar-refractivity contribution < 1.29 is 4.74 Å². The molecule has 0 aromatic carbocycles. The fraction of sp³-hybridized carbons (Fsp3) is 0.583. The first-order chi connectivity index (χ1) is 7.63. The third kappa shape index (κ3) is 4.06. The number of nitrogens with two attached hydrogens (primary N) is 1. The van der Waals surface area contributed by atoms with Crippen LogP contribution in [0.25, 0.3) is 0 Å². The summed E-state index contributed by atoms with van der Waals surface area (Å²) < 4.78 is 5.44. The zero-order valence-corrected chi connectivity index (χ0v) is 10.2. The first-order valence-electron chi connectivity index (χ1n) is 5.69. The van der Waals surface area contributed by atoms with Crippen LogP contribution in [0.4, 0.5) is 11.5 Å². The summed E-state index contributed by atoms with van der Waals surface area (Å²) in [6, 6.07) is 4.00. The van der Waals surface area contributed by atoms with E-state index in [9.17, 15) is 0 Å². The van der Waals surface area contributed by atoms with Crippen molar-refractivity contribution in [2.75, 3.05) is 24.3 Å². The first kappa shape index (κ1) is 12.8. The molecule has 0 spiro atoms. The van der Waals surface area contributed by atoms with E-state index in [0.29, 0.717) is 18.2 Å². The second kappa shape index (κ2) is 6.33. The van der Waals surface area contributed by atoms with Crippen LogP contribution in [-0.2, 0) is 4.74 Å². The lowest BCUT2D eigenvalue weighted by Crippen LogP contribution is -2.31. The van der Waals surface area contributed by atoms with E-state index < -0.39 is 0 Å². The van der Waals surface area contributed by atoms with Gasteiger partial charge in [0.25, 0.3) is 0 Å². The molecule has 0 aliphatic rings. The predicted octanol–water partition coefficient (Wildman–Crippen LogP) is 2.14. The van der Waals surface area contributed by atoms with Crippen molar-refractivity contribution in [3.63, 3.8) is 0 Å². The monoisotopic (exact) mass is 223 g/mol. The Balaban J connectivity index is 2.57. The number of aromatic nitrogens is 1. The van der Waals surface area contributed by atoms with Gasteiger partial charge in [0.05, 0.1) is 24.5 Å². The van der Waals surface area contributed by atoms with Crippen molar-refractivity contribution in [1.29, 1.82) is 0 Å². The van der Waals surface area contributed by atoms with Gasteiger partial charge in [-0.05, 0) is 25.0 Å². The van der Waals surface area contributed by atoms with Crippen LogP contribution in [0.1, 0.15) is 20.8 Å². The average molecular weight is 223 g/mol. The largest absolute Gasteiger partial charge is 0.397 e. The quantitative estimate of drug-likeness (QED) is 0.775. The molecule has 90 valence electrons. The molecule has 0 radical (unpaired) electrons. The van der Waals surface area contributed by atoms with Gasteiger partial charge in [-0.25, -0.2) is 4.98 Å². The maximum absolute atomic E-state index is 5.58. The summed E-state index contributed by atoms with van der Waals surface area (Å²) in [4.78, 5) is 4.22. The molecule has 0 saturated carbocycles. The molecule has 0 aliphatic heterocycles. The van der Waals surface area contributed by atoms with Crippen LogP contribution in [0, 0.1) is 5.92 Å². The number of ether oxygens (including phenoxy) is 1. The molecule has 0 bridgehead atoms. The summed E-state index contributed by atoms with van der Waals surface area (Å²) >= 11 is 0. The number of rotatable bonds is 6. The molecule has 0 fully saturated rings. The number of pyridine rings is 1. The summed E-state index contributed by atoms with van der Waals surface area (Å²) in [6.07, 6.45) is 1.65. The molecule has 0 amide bonds. The molecule has 0 aliphatic carbocycles. The fourth-order valence-electron chi connectivity index (χ4n) is 1.33. The van der Waals surface area contributed by atoms with Crippen molar-refractivity contribution in [3.05, 3.63) is 18.3 Å². The smallest absolute Gasteiger partial charge is 0.126 e. The molecular formula is C12H21N3O. The van der Waals surface area contributed by atoms with Crippen LogP contribution < -0.4 is 11.1 Å². The van der Waals surface area contributed by atoms with Crippen molar-refractivity contribution in [2.24, 2.45) is 5.92 Å². The van der Waals surface area contributed by atoms with Gasteiger partial charge in [0, 0.05) is 6.61 Å². The van der Waals surface area contributed by atoms with Crippen molar-refractivity contribution in [1.82, 2.24) is 4.98 Å². The molecule has 16 heavy (non-hydrogen) atoms. The maximum Gasteiger partial charge on any atom is 0.126 e. The molecule has 4 nitrogen and oxygen atoms in total. The van der Waals surface area contributed by atoms with Crippen molar-refractivity contribution in [3.8, 4) is 0 Å². The van der Waals surface area contributed by atoms with Gasteiger partial charge in [-0.1, -0.05) is 13.8 Å². The number of anilines is 2. The Bertz CT molecular complexity index is 298. The van der Waals surface area contributed by atoms with Crippen LogP contribution in [0.5, 0.6) is 0 Å². The number of nitrogen functional groups attached to an aromatic ring is 1. The van der Waals surface area contributed by atoms with Gasteiger partial charge in [0.15, 0.2) is 0 Å². The van der Waals surface area contributed by atoms with Gasteiger partial charge >= 0.3 is 0 Å². The summed E-state index contributed by atoms with van der Waals surface area (Å²) in [6.45, 7) is 7.75. The van der Waals surface area contributed by atoms with Gasteiger partial charge in [-0.15, -0.1) is 0 Å². The van der Waals surface area contributed by atoms with E-state index >= 15 is 0 Å². The highest BCUT2D eigenvalue weighted by molar-refractivity contribution is 5.44. The van der Waals surface area contributed by atoms with E-state index in [-0.39, 0.29) is 6.04 Å². The number of nitrogens with zero attached hydrogens (tertiary/aromatic N) is 1. The van der Waals surface area contributed by atoms with Crippen LogP contribution in [0.3, 0.4) is 0 Å². The first-order valence-corrected chi connectivity index (χ1v) is 5.69. The SMILES string of the molecule is CCOCC(Nc1ccc(N)cn1)C(C)C. The van der Waals surface area contributed by atoms with Crippen LogP contribution in [0.2, 0.25) is 0 Å². The highest BCUT2D eigenvalue weighted by Crippen LogP contribution is 2.12. The minimum Gasteiger partial charge on any atom is -0.397 e. The maximum atomic E-state index is 5.58. The van der Waals surface area contributed by atoms with Gasteiger partial charge in [0.1, 0.15) is 5.82 Å². The third-order valence-corrected chi connectivity index (χ3v) is 2.43. The topological polar surface area (TPSA) is 60.2 Å². The van der Waals surface area contributed by atoms with E-state index in [1.165, 1.54) is 0 Å².